The first-order valence-electron chi connectivity index (χ1n) is 6.73. The van der Waals surface area contributed by atoms with Crippen molar-refractivity contribution in [2.45, 2.75) is 25.9 Å². The van der Waals surface area contributed by atoms with E-state index < -0.39 is 0 Å². The molecular formula is C15H20FN3O. The Bertz CT molecular complexity index is 541. The molecule has 0 radical (unpaired) electrons. The molecule has 1 aromatic heterocycles. The molecule has 0 saturated heterocycles. The number of benzene rings is 1. The van der Waals surface area contributed by atoms with Crippen LogP contribution in [0.2, 0.25) is 0 Å². The Balaban J connectivity index is 2.03. The van der Waals surface area contributed by atoms with Gasteiger partial charge in [0.25, 0.3) is 0 Å². The SMILES string of the molecule is COCCCn1ccnc1NC(C)c1ccccc1F. The third-order valence-corrected chi connectivity index (χ3v) is 3.18. The molecule has 2 aromatic rings. The van der Waals surface area contributed by atoms with Crippen LogP contribution in [0.4, 0.5) is 10.3 Å². The summed E-state index contributed by atoms with van der Waals surface area (Å²) in [7, 11) is 1.69. The summed E-state index contributed by atoms with van der Waals surface area (Å²) in [5, 5.41) is 3.25. The Morgan fingerprint density at radius 2 is 2.20 bits per heavy atom. The van der Waals surface area contributed by atoms with Crippen LogP contribution < -0.4 is 5.32 Å². The quantitative estimate of drug-likeness (QED) is 0.790. The lowest BCUT2D eigenvalue weighted by atomic mass is 10.1. The van der Waals surface area contributed by atoms with Crippen LogP contribution in [-0.4, -0.2) is 23.3 Å². The van der Waals surface area contributed by atoms with E-state index in [-0.39, 0.29) is 11.9 Å². The van der Waals surface area contributed by atoms with Gasteiger partial charge in [-0.2, -0.15) is 0 Å². The molecule has 1 N–H and O–H groups in total. The fourth-order valence-electron chi connectivity index (χ4n) is 2.11. The third kappa shape index (κ3) is 3.57. The van der Waals surface area contributed by atoms with Gasteiger partial charge in [0.1, 0.15) is 5.82 Å². The second-order valence-electron chi connectivity index (χ2n) is 4.68. The average molecular weight is 277 g/mol. The molecule has 108 valence electrons. The van der Waals surface area contributed by atoms with Crippen LogP contribution in [0.5, 0.6) is 0 Å². The fraction of sp³-hybridized carbons (Fsp3) is 0.400. The van der Waals surface area contributed by atoms with Gasteiger partial charge in [0.05, 0.1) is 6.04 Å². The van der Waals surface area contributed by atoms with Crippen LogP contribution in [0.3, 0.4) is 0 Å². The molecule has 0 amide bonds. The van der Waals surface area contributed by atoms with Gasteiger partial charge in [0.15, 0.2) is 0 Å². The number of nitrogens with zero attached hydrogens (tertiary/aromatic N) is 2. The number of aryl methyl sites for hydroxylation is 1. The minimum Gasteiger partial charge on any atom is -0.385 e. The highest BCUT2D eigenvalue weighted by molar-refractivity contribution is 5.33. The number of imidazole rings is 1. The van der Waals surface area contributed by atoms with E-state index >= 15 is 0 Å². The zero-order valence-electron chi connectivity index (χ0n) is 11.8. The standard InChI is InChI=1S/C15H20FN3O/c1-12(13-6-3-4-7-14(13)16)18-15-17-8-10-19(15)9-5-11-20-2/h3-4,6-8,10,12H,5,9,11H2,1-2H3,(H,17,18). The summed E-state index contributed by atoms with van der Waals surface area (Å²) in [5.74, 6) is 0.543. The summed E-state index contributed by atoms with van der Waals surface area (Å²) < 4.78 is 20.8. The molecule has 20 heavy (non-hydrogen) atoms. The van der Waals surface area contributed by atoms with Crippen molar-refractivity contribution in [3.63, 3.8) is 0 Å². The first-order valence-corrected chi connectivity index (χ1v) is 6.73. The predicted molar refractivity (Wildman–Crippen MR) is 77.2 cm³/mol. The smallest absolute Gasteiger partial charge is 0.203 e. The summed E-state index contributed by atoms with van der Waals surface area (Å²) >= 11 is 0. The predicted octanol–water partition coefficient (Wildman–Crippen LogP) is 3.23. The highest BCUT2D eigenvalue weighted by atomic mass is 19.1. The van der Waals surface area contributed by atoms with E-state index in [9.17, 15) is 4.39 Å². The van der Waals surface area contributed by atoms with Crippen molar-refractivity contribution in [3.05, 3.63) is 48.0 Å². The van der Waals surface area contributed by atoms with Gasteiger partial charge in [0, 0.05) is 38.2 Å². The number of methoxy groups -OCH3 is 1. The van der Waals surface area contributed by atoms with E-state index in [1.807, 2.05) is 23.8 Å². The summed E-state index contributed by atoms with van der Waals surface area (Å²) in [4.78, 5) is 4.28. The second-order valence-corrected chi connectivity index (χ2v) is 4.68. The van der Waals surface area contributed by atoms with Crippen LogP contribution in [0.1, 0.15) is 24.9 Å². The van der Waals surface area contributed by atoms with E-state index in [2.05, 4.69) is 10.3 Å². The third-order valence-electron chi connectivity index (χ3n) is 3.18. The lowest BCUT2D eigenvalue weighted by Crippen LogP contribution is -2.13. The molecule has 2 rings (SSSR count). The number of rotatable bonds is 7. The second kappa shape index (κ2) is 7.05. The first-order chi connectivity index (χ1) is 9.72. The highest BCUT2D eigenvalue weighted by Gasteiger charge is 2.12. The van der Waals surface area contributed by atoms with Crippen molar-refractivity contribution in [2.24, 2.45) is 0 Å². The molecule has 0 saturated carbocycles. The van der Waals surface area contributed by atoms with Gasteiger partial charge in [-0.3, -0.25) is 0 Å². The average Bonchev–Trinajstić information content (AvgIpc) is 2.87. The van der Waals surface area contributed by atoms with Crippen molar-refractivity contribution in [1.82, 2.24) is 9.55 Å². The molecule has 0 aliphatic heterocycles. The van der Waals surface area contributed by atoms with Crippen LogP contribution in [0.25, 0.3) is 0 Å². The Morgan fingerprint density at radius 3 is 2.95 bits per heavy atom. The molecule has 0 aliphatic carbocycles. The molecule has 1 aromatic carbocycles. The Morgan fingerprint density at radius 1 is 1.40 bits per heavy atom. The van der Waals surface area contributed by atoms with Crippen LogP contribution in [0.15, 0.2) is 36.7 Å². The number of aromatic nitrogens is 2. The monoisotopic (exact) mass is 277 g/mol. The van der Waals surface area contributed by atoms with Crippen LogP contribution in [0, 0.1) is 5.82 Å². The van der Waals surface area contributed by atoms with Crippen molar-refractivity contribution in [3.8, 4) is 0 Å². The Kier molecular flexibility index (Phi) is 5.12. The van der Waals surface area contributed by atoms with E-state index in [0.717, 1.165) is 18.9 Å². The maximum Gasteiger partial charge on any atom is 0.203 e. The first kappa shape index (κ1) is 14.5. The maximum absolute atomic E-state index is 13.7. The van der Waals surface area contributed by atoms with Crippen molar-refractivity contribution >= 4 is 5.95 Å². The molecule has 1 heterocycles. The van der Waals surface area contributed by atoms with E-state index in [1.54, 1.807) is 25.4 Å². The molecule has 4 nitrogen and oxygen atoms in total. The zero-order valence-corrected chi connectivity index (χ0v) is 11.8. The van der Waals surface area contributed by atoms with Gasteiger partial charge >= 0.3 is 0 Å². The molecule has 1 unspecified atom stereocenters. The molecule has 1 atom stereocenters. The lowest BCUT2D eigenvalue weighted by Gasteiger charge is -2.17. The number of hydrogen-bond acceptors (Lipinski definition) is 3. The van der Waals surface area contributed by atoms with Gasteiger partial charge in [-0.15, -0.1) is 0 Å². The number of anilines is 1. The van der Waals surface area contributed by atoms with E-state index in [4.69, 9.17) is 4.74 Å². The zero-order chi connectivity index (χ0) is 14.4. The minimum atomic E-state index is -0.204. The highest BCUT2D eigenvalue weighted by Crippen LogP contribution is 2.20. The van der Waals surface area contributed by atoms with Gasteiger partial charge in [0.2, 0.25) is 5.95 Å². The maximum atomic E-state index is 13.7. The fourth-order valence-corrected chi connectivity index (χ4v) is 2.11. The summed E-state index contributed by atoms with van der Waals surface area (Å²) in [6.45, 7) is 3.45. The van der Waals surface area contributed by atoms with E-state index in [1.165, 1.54) is 6.07 Å². The van der Waals surface area contributed by atoms with Gasteiger partial charge in [-0.05, 0) is 19.4 Å². The van der Waals surface area contributed by atoms with Crippen molar-refractivity contribution < 1.29 is 9.13 Å². The molecule has 0 aliphatic rings. The van der Waals surface area contributed by atoms with E-state index in [0.29, 0.717) is 12.2 Å². The normalized spacial score (nSPS) is 12.3. The van der Waals surface area contributed by atoms with Gasteiger partial charge in [-0.25, -0.2) is 9.37 Å². The number of hydrogen-bond donors (Lipinski definition) is 1. The molecule has 5 heteroatoms. The largest absolute Gasteiger partial charge is 0.385 e. The number of nitrogens with one attached hydrogen (secondary N) is 1. The van der Waals surface area contributed by atoms with Crippen LogP contribution in [-0.2, 0) is 11.3 Å². The summed E-state index contributed by atoms with van der Waals surface area (Å²) in [6, 6.07) is 6.64. The molecule has 0 bridgehead atoms. The summed E-state index contributed by atoms with van der Waals surface area (Å²) in [5.41, 5.74) is 0.638. The van der Waals surface area contributed by atoms with Crippen molar-refractivity contribution in [1.29, 1.82) is 0 Å². The molecular weight excluding hydrogens is 257 g/mol. The van der Waals surface area contributed by atoms with Gasteiger partial charge < -0.3 is 14.6 Å². The van der Waals surface area contributed by atoms with Crippen molar-refractivity contribution in [2.75, 3.05) is 19.0 Å². The Hall–Kier alpha value is -1.88. The minimum absolute atomic E-state index is 0.139. The number of halogens is 1. The summed E-state index contributed by atoms with van der Waals surface area (Å²) in [6.07, 6.45) is 4.56. The lowest BCUT2D eigenvalue weighted by molar-refractivity contribution is 0.190. The molecule has 0 spiro atoms. The van der Waals surface area contributed by atoms with Gasteiger partial charge in [-0.1, -0.05) is 18.2 Å². The Labute approximate surface area is 118 Å². The topological polar surface area (TPSA) is 39.1 Å². The molecule has 0 fully saturated rings. The van der Waals surface area contributed by atoms with Crippen LogP contribution >= 0.6 is 0 Å². The number of ether oxygens (including phenoxy) is 1.